The van der Waals surface area contributed by atoms with Crippen LogP contribution in [0.15, 0.2) is 18.2 Å². The van der Waals surface area contributed by atoms with Crippen molar-refractivity contribution in [3.63, 3.8) is 0 Å². The van der Waals surface area contributed by atoms with E-state index in [1.165, 1.54) is 6.07 Å². The second-order valence-corrected chi connectivity index (χ2v) is 4.37. The van der Waals surface area contributed by atoms with Crippen LogP contribution in [-0.2, 0) is 12.6 Å². The van der Waals surface area contributed by atoms with Crippen molar-refractivity contribution in [1.29, 1.82) is 0 Å². The van der Waals surface area contributed by atoms with E-state index in [4.69, 9.17) is 11.6 Å². The summed E-state index contributed by atoms with van der Waals surface area (Å²) in [5.41, 5.74) is -0.340. The topological polar surface area (TPSA) is 37.8 Å². The van der Waals surface area contributed by atoms with Gasteiger partial charge in [-0.05, 0) is 25.2 Å². The van der Waals surface area contributed by atoms with Crippen LogP contribution in [0, 0.1) is 0 Å². The van der Waals surface area contributed by atoms with Gasteiger partial charge in [-0.15, -0.1) is 0 Å². The highest BCUT2D eigenvalue weighted by molar-refractivity contribution is 6.34. The van der Waals surface area contributed by atoms with Crippen molar-refractivity contribution in [2.24, 2.45) is 0 Å². The van der Waals surface area contributed by atoms with Crippen LogP contribution in [-0.4, -0.2) is 23.6 Å². The monoisotopic (exact) mass is 289 g/mol. The molecule has 102 valence electrons. The average molecular weight is 290 g/mol. The predicted octanol–water partition coefficient (Wildman–Crippen LogP) is 3.06. The molecule has 0 saturated carbocycles. The summed E-state index contributed by atoms with van der Waals surface area (Å²) in [4.78, 5) is 8.20. The first-order valence-corrected chi connectivity index (χ1v) is 5.97. The van der Waals surface area contributed by atoms with Crippen molar-refractivity contribution < 1.29 is 13.2 Å². The zero-order chi connectivity index (χ0) is 14.0. The number of aromatic nitrogens is 2. The van der Waals surface area contributed by atoms with Gasteiger partial charge in [-0.3, -0.25) is 0 Å². The quantitative estimate of drug-likeness (QED) is 0.883. The summed E-state index contributed by atoms with van der Waals surface area (Å²) < 4.78 is 37.8. The predicted molar refractivity (Wildman–Crippen MR) is 67.2 cm³/mol. The molecule has 1 heterocycles. The van der Waals surface area contributed by atoms with E-state index in [2.05, 4.69) is 15.3 Å². The van der Waals surface area contributed by atoms with Crippen LogP contribution in [0.2, 0.25) is 5.15 Å². The Balaban J connectivity index is 2.48. The lowest BCUT2D eigenvalue weighted by atomic mass is 10.1. The van der Waals surface area contributed by atoms with Gasteiger partial charge in [0.25, 0.3) is 0 Å². The van der Waals surface area contributed by atoms with Gasteiger partial charge in [0, 0.05) is 18.4 Å². The van der Waals surface area contributed by atoms with E-state index < -0.39 is 11.7 Å². The third-order valence-electron chi connectivity index (χ3n) is 2.62. The first-order chi connectivity index (χ1) is 8.91. The van der Waals surface area contributed by atoms with Crippen LogP contribution in [0.1, 0.15) is 11.4 Å². The number of hydrogen-bond acceptors (Lipinski definition) is 3. The van der Waals surface area contributed by atoms with Gasteiger partial charge in [0.1, 0.15) is 11.0 Å². The molecule has 0 aliphatic carbocycles. The zero-order valence-corrected chi connectivity index (χ0v) is 10.8. The molecule has 0 bridgehead atoms. The Morgan fingerprint density at radius 2 is 2.00 bits per heavy atom. The first-order valence-electron chi connectivity index (χ1n) is 5.60. The van der Waals surface area contributed by atoms with Gasteiger partial charge < -0.3 is 5.32 Å². The fourth-order valence-corrected chi connectivity index (χ4v) is 1.91. The second-order valence-electron chi connectivity index (χ2n) is 4.01. The van der Waals surface area contributed by atoms with Gasteiger partial charge in [-0.1, -0.05) is 11.6 Å². The van der Waals surface area contributed by atoms with Gasteiger partial charge in [0.05, 0.1) is 11.1 Å². The lowest BCUT2D eigenvalue weighted by Gasteiger charge is -2.09. The molecule has 0 amide bonds. The fourth-order valence-electron chi connectivity index (χ4n) is 1.66. The van der Waals surface area contributed by atoms with E-state index in [0.29, 0.717) is 24.3 Å². The lowest BCUT2D eigenvalue weighted by Crippen LogP contribution is -2.12. The van der Waals surface area contributed by atoms with Gasteiger partial charge in [-0.25, -0.2) is 9.97 Å². The summed E-state index contributed by atoms with van der Waals surface area (Å²) >= 11 is 5.92. The van der Waals surface area contributed by atoms with E-state index in [-0.39, 0.29) is 10.5 Å². The molecule has 1 aromatic heterocycles. The van der Waals surface area contributed by atoms with E-state index in [0.717, 1.165) is 12.1 Å². The third kappa shape index (κ3) is 3.13. The number of likely N-dealkylation sites (N-methyl/N-ethyl adjacent to an activating group) is 1. The minimum absolute atomic E-state index is 0.0437. The van der Waals surface area contributed by atoms with Gasteiger partial charge in [0.2, 0.25) is 0 Å². The van der Waals surface area contributed by atoms with Gasteiger partial charge >= 0.3 is 6.18 Å². The lowest BCUT2D eigenvalue weighted by molar-refractivity contribution is -0.137. The number of alkyl halides is 3. The molecule has 2 rings (SSSR count). The first kappa shape index (κ1) is 14.0. The van der Waals surface area contributed by atoms with Crippen molar-refractivity contribution in [1.82, 2.24) is 15.3 Å². The number of nitrogens with one attached hydrogen (secondary N) is 1. The van der Waals surface area contributed by atoms with Crippen LogP contribution < -0.4 is 5.32 Å². The molecule has 0 unspecified atom stereocenters. The minimum Gasteiger partial charge on any atom is -0.319 e. The number of hydrogen-bond donors (Lipinski definition) is 1. The van der Waals surface area contributed by atoms with Gasteiger partial charge in [-0.2, -0.15) is 13.2 Å². The third-order valence-corrected chi connectivity index (χ3v) is 2.91. The van der Waals surface area contributed by atoms with Crippen LogP contribution in [0.25, 0.3) is 10.9 Å². The number of halogens is 4. The molecule has 0 aliphatic rings. The molecule has 7 heteroatoms. The number of benzene rings is 1. The van der Waals surface area contributed by atoms with Crippen LogP contribution in [0.3, 0.4) is 0 Å². The average Bonchev–Trinajstić information content (AvgIpc) is 2.35. The fraction of sp³-hybridized carbons (Fsp3) is 0.333. The Kier molecular flexibility index (Phi) is 3.91. The van der Waals surface area contributed by atoms with Crippen molar-refractivity contribution in [3.8, 4) is 0 Å². The molecule has 1 N–H and O–H groups in total. The molecular weight excluding hydrogens is 279 g/mol. The maximum atomic E-state index is 12.6. The van der Waals surface area contributed by atoms with Crippen molar-refractivity contribution in [3.05, 3.63) is 34.7 Å². The van der Waals surface area contributed by atoms with Gasteiger partial charge in [0.15, 0.2) is 0 Å². The van der Waals surface area contributed by atoms with E-state index >= 15 is 0 Å². The summed E-state index contributed by atoms with van der Waals surface area (Å²) in [5.74, 6) is 0.506. The van der Waals surface area contributed by atoms with Crippen molar-refractivity contribution in [2.75, 3.05) is 13.6 Å². The Morgan fingerprint density at radius 3 is 2.63 bits per heavy atom. The van der Waals surface area contributed by atoms with Crippen LogP contribution >= 0.6 is 11.6 Å². The van der Waals surface area contributed by atoms with E-state index in [1.807, 2.05) is 0 Å². The molecule has 0 spiro atoms. The maximum Gasteiger partial charge on any atom is 0.416 e. The molecule has 1 aromatic carbocycles. The number of rotatable bonds is 3. The molecule has 0 atom stereocenters. The molecular formula is C12H11ClF3N3. The molecule has 3 nitrogen and oxygen atoms in total. The van der Waals surface area contributed by atoms with E-state index in [1.54, 1.807) is 7.05 Å². The van der Waals surface area contributed by atoms with Crippen LogP contribution in [0.5, 0.6) is 0 Å². The smallest absolute Gasteiger partial charge is 0.319 e. The molecule has 0 radical (unpaired) electrons. The minimum atomic E-state index is -4.40. The Bertz CT molecular complexity index is 599. The largest absolute Gasteiger partial charge is 0.416 e. The summed E-state index contributed by atoms with van der Waals surface area (Å²) in [6.07, 6.45) is -3.84. The highest BCUT2D eigenvalue weighted by Crippen LogP contribution is 2.32. The highest BCUT2D eigenvalue weighted by atomic mass is 35.5. The van der Waals surface area contributed by atoms with Crippen LogP contribution in [0.4, 0.5) is 13.2 Å². The maximum absolute atomic E-state index is 12.6. The second kappa shape index (κ2) is 5.30. The summed E-state index contributed by atoms with van der Waals surface area (Å²) in [5, 5.41) is 3.20. The summed E-state index contributed by atoms with van der Waals surface area (Å²) in [7, 11) is 1.79. The Morgan fingerprint density at radius 1 is 1.26 bits per heavy atom. The zero-order valence-electron chi connectivity index (χ0n) is 10.1. The van der Waals surface area contributed by atoms with Crippen molar-refractivity contribution in [2.45, 2.75) is 12.6 Å². The Labute approximate surface area is 112 Å². The molecule has 0 aliphatic heterocycles. The highest BCUT2D eigenvalue weighted by Gasteiger charge is 2.30. The molecule has 2 aromatic rings. The Hall–Kier alpha value is -1.40. The normalized spacial score (nSPS) is 12.1. The standard InChI is InChI=1S/C12H11ClF3N3/c1-17-5-4-10-18-9-3-2-7(12(14,15)16)6-8(9)11(13)19-10/h2-3,6,17H,4-5H2,1H3. The summed E-state index contributed by atoms with van der Waals surface area (Å²) in [6.45, 7) is 0.669. The van der Waals surface area contributed by atoms with E-state index in [9.17, 15) is 13.2 Å². The SMILES string of the molecule is CNCCc1nc(Cl)c2cc(C(F)(F)F)ccc2n1. The molecule has 19 heavy (non-hydrogen) atoms. The molecule has 0 fully saturated rings. The number of nitrogens with zero attached hydrogens (tertiary/aromatic N) is 2. The van der Waals surface area contributed by atoms with Crippen molar-refractivity contribution >= 4 is 22.5 Å². The molecule has 0 saturated heterocycles. The summed E-state index contributed by atoms with van der Waals surface area (Å²) in [6, 6.07) is 3.28. The number of fused-ring (bicyclic) bond motifs is 1.